The van der Waals surface area contributed by atoms with Gasteiger partial charge in [-0.05, 0) is 54.6 Å². The Bertz CT molecular complexity index is 3860. The van der Waals surface area contributed by atoms with Crippen LogP contribution >= 0.6 is 11.3 Å². The molecule has 0 unspecified atom stereocenters. The zero-order chi connectivity index (χ0) is 41.4. The first kappa shape index (κ1) is 35.4. The number of aromatic nitrogens is 6. The van der Waals surface area contributed by atoms with E-state index < -0.39 is 0 Å². The number of thiophene rings is 1. The molecule has 294 valence electrons. The van der Waals surface area contributed by atoms with Gasteiger partial charge in [0, 0.05) is 65.1 Å². The summed E-state index contributed by atoms with van der Waals surface area (Å²) >= 11 is 1.74. The van der Waals surface area contributed by atoms with Crippen LogP contribution in [0.2, 0.25) is 0 Å². The van der Waals surface area contributed by atoms with E-state index >= 15 is 0 Å². The third kappa shape index (κ3) is 5.76. The molecule has 0 spiro atoms. The van der Waals surface area contributed by atoms with Gasteiger partial charge < -0.3 is 8.98 Å². The lowest BCUT2D eigenvalue weighted by Gasteiger charge is -2.10. The van der Waals surface area contributed by atoms with Crippen molar-refractivity contribution in [2.24, 2.45) is 0 Å². The van der Waals surface area contributed by atoms with E-state index in [2.05, 4.69) is 120 Å². The minimum absolute atomic E-state index is 0.564. The minimum Gasteiger partial charge on any atom is -0.456 e. The number of fused-ring (bicyclic) bond motifs is 9. The van der Waals surface area contributed by atoms with Crippen LogP contribution in [-0.4, -0.2) is 29.5 Å². The molecule has 13 aromatic rings. The van der Waals surface area contributed by atoms with Crippen LogP contribution in [0.5, 0.6) is 0 Å². The van der Waals surface area contributed by atoms with Crippen molar-refractivity contribution in [3.8, 4) is 62.5 Å². The summed E-state index contributed by atoms with van der Waals surface area (Å²) in [6.45, 7) is 0. The molecule has 0 bridgehead atoms. The molecule has 5 aromatic heterocycles. The van der Waals surface area contributed by atoms with Crippen molar-refractivity contribution in [2.75, 3.05) is 0 Å². The second-order valence-corrected chi connectivity index (χ2v) is 16.7. The Hall–Kier alpha value is -8.33. The molecule has 63 heavy (non-hydrogen) atoms. The number of hydrogen-bond acceptors (Lipinski definition) is 7. The molecule has 0 atom stereocenters. The molecule has 0 fully saturated rings. The standard InChI is InChI=1S/C55H32N6OS/c1-4-15-33(16-5-1)52-58-53(34-17-6-2-7-18-34)60-55(59-52)41-23-14-25-46-48(41)42-31-36(28-30-45(42)62-46)54-56-49(51-50(57-54)40-22-11-13-26-47(40)63-51)35-27-29-39-38-21-10-12-24-43(38)61(44(39)32-35)37-19-8-3-9-20-37/h1-32H. The van der Waals surface area contributed by atoms with Crippen molar-refractivity contribution >= 4 is 75.4 Å². The molecule has 5 heterocycles. The molecule has 0 amide bonds. The maximum absolute atomic E-state index is 6.54. The molecular weight excluding hydrogens is 793 g/mol. The van der Waals surface area contributed by atoms with Crippen molar-refractivity contribution < 1.29 is 4.42 Å². The SMILES string of the molecule is c1ccc(-c2nc(-c3ccccc3)nc(-c3cccc4oc5ccc(-c6nc(-c7ccc8c9ccccc9n(-c9ccccc9)c8c7)c7sc8ccccc8c7n6)cc5c34)n2)cc1. The maximum Gasteiger partial charge on any atom is 0.164 e. The first-order valence-electron chi connectivity index (χ1n) is 20.8. The lowest BCUT2D eigenvalue weighted by atomic mass is 10.0. The van der Waals surface area contributed by atoms with Gasteiger partial charge in [-0.25, -0.2) is 24.9 Å². The van der Waals surface area contributed by atoms with Gasteiger partial charge >= 0.3 is 0 Å². The fourth-order valence-electron chi connectivity index (χ4n) is 8.97. The number of para-hydroxylation sites is 2. The summed E-state index contributed by atoms with van der Waals surface area (Å²) in [5.74, 6) is 2.40. The van der Waals surface area contributed by atoms with E-state index in [1.807, 2.05) is 78.9 Å². The van der Waals surface area contributed by atoms with Crippen LogP contribution in [0.1, 0.15) is 0 Å². The second kappa shape index (κ2) is 14.1. The monoisotopic (exact) mass is 824 g/mol. The zero-order valence-electron chi connectivity index (χ0n) is 33.5. The summed E-state index contributed by atoms with van der Waals surface area (Å²) in [4.78, 5) is 25.9. The highest BCUT2D eigenvalue weighted by Crippen LogP contribution is 2.43. The highest BCUT2D eigenvalue weighted by atomic mass is 32.1. The summed E-state index contributed by atoms with van der Waals surface area (Å²) < 4.78 is 11.1. The molecule has 13 rings (SSSR count). The predicted molar refractivity (Wildman–Crippen MR) is 257 cm³/mol. The minimum atomic E-state index is 0.564. The molecule has 7 nitrogen and oxygen atoms in total. The number of hydrogen-bond donors (Lipinski definition) is 0. The van der Waals surface area contributed by atoms with E-state index in [4.69, 9.17) is 29.3 Å². The van der Waals surface area contributed by atoms with Gasteiger partial charge in [-0.3, -0.25) is 0 Å². The van der Waals surface area contributed by atoms with Crippen LogP contribution in [0.4, 0.5) is 0 Å². The molecule has 0 aliphatic rings. The van der Waals surface area contributed by atoms with Crippen LogP contribution in [0.15, 0.2) is 199 Å². The van der Waals surface area contributed by atoms with E-state index in [0.29, 0.717) is 23.3 Å². The Labute approximate surface area is 364 Å². The molecule has 0 N–H and O–H groups in total. The van der Waals surface area contributed by atoms with Gasteiger partial charge in [0.15, 0.2) is 23.3 Å². The normalized spacial score (nSPS) is 11.8. The number of furan rings is 1. The van der Waals surface area contributed by atoms with Crippen molar-refractivity contribution in [1.82, 2.24) is 29.5 Å². The predicted octanol–water partition coefficient (Wildman–Crippen LogP) is 14.4. The average molecular weight is 825 g/mol. The van der Waals surface area contributed by atoms with E-state index in [-0.39, 0.29) is 0 Å². The third-order valence-electron chi connectivity index (χ3n) is 11.9. The lowest BCUT2D eigenvalue weighted by Crippen LogP contribution is -2.00. The molecule has 8 heteroatoms. The molecule has 8 aromatic carbocycles. The molecule has 0 aliphatic carbocycles. The van der Waals surface area contributed by atoms with Gasteiger partial charge in [0.1, 0.15) is 11.2 Å². The number of rotatable bonds is 6. The van der Waals surface area contributed by atoms with Gasteiger partial charge in [0.05, 0.1) is 26.9 Å². The summed E-state index contributed by atoms with van der Waals surface area (Å²) in [5, 5.41) is 5.36. The van der Waals surface area contributed by atoms with E-state index in [0.717, 1.165) is 87.8 Å². The first-order valence-corrected chi connectivity index (χ1v) is 21.6. The molecule has 0 saturated carbocycles. The first-order chi connectivity index (χ1) is 31.2. The average Bonchev–Trinajstić information content (AvgIpc) is 4.03. The second-order valence-electron chi connectivity index (χ2n) is 15.6. The number of benzene rings is 8. The Balaban J connectivity index is 1.02. The van der Waals surface area contributed by atoms with Crippen LogP contribution in [0.3, 0.4) is 0 Å². The molecular formula is C55H32N6OS. The highest BCUT2D eigenvalue weighted by Gasteiger charge is 2.22. The summed E-state index contributed by atoms with van der Waals surface area (Å²) in [5.41, 5.74) is 11.3. The van der Waals surface area contributed by atoms with Gasteiger partial charge in [0.2, 0.25) is 0 Å². The highest BCUT2D eigenvalue weighted by molar-refractivity contribution is 7.26. The summed E-state index contributed by atoms with van der Waals surface area (Å²) in [7, 11) is 0. The number of nitrogens with zero attached hydrogens (tertiary/aromatic N) is 6. The van der Waals surface area contributed by atoms with Gasteiger partial charge in [-0.2, -0.15) is 0 Å². The van der Waals surface area contributed by atoms with Crippen molar-refractivity contribution in [3.63, 3.8) is 0 Å². The Morgan fingerprint density at radius 3 is 1.81 bits per heavy atom. The lowest BCUT2D eigenvalue weighted by molar-refractivity contribution is 0.669. The zero-order valence-corrected chi connectivity index (χ0v) is 34.3. The van der Waals surface area contributed by atoms with E-state index in [1.165, 1.54) is 15.5 Å². The van der Waals surface area contributed by atoms with Gasteiger partial charge in [-0.1, -0.05) is 140 Å². The fraction of sp³-hybridized carbons (Fsp3) is 0. The van der Waals surface area contributed by atoms with Crippen LogP contribution in [0.25, 0.3) is 127 Å². The third-order valence-corrected chi connectivity index (χ3v) is 13.0. The molecule has 0 aliphatic heterocycles. The van der Waals surface area contributed by atoms with Crippen molar-refractivity contribution in [2.45, 2.75) is 0 Å². The van der Waals surface area contributed by atoms with Gasteiger partial charge in [-0.15, -0.1) is 11.3 Å². The maximum atomic E-state index is 6.54. The smallest absolute Gasteiger partial charge is 0.164 e. The van der Waals surface area contributed by atoms with Crippen LogP contribution < -0.4 is 0 Å². The fourth-order valence-corrected chi connectivity index (χ4v) is 10.1. The topological polar surface area (TPSA) is 82.5 Å². The Kier molecular flexibility index (Phi) is 7.94. The largest absolute Gasteiger partial charge is 0.456 e. The van der Waals surface area contributed by atoms with E-state index in [1.54, 1.807) is 11.3 Å². The van der Waals surface area contributed by atoms with Crippen molar-refractivity contribution in [1.29, 1.82) is 0 Å². The van der Waals surface area contributed by atoms with Crippen LogP contribution in [-0.2, 0) is 0 Å². The summed E-state index contributed by atoms with van der Waals surface area (Å²) in [6, 6.07) is 66.8. The van der Waals surface area contributed by atoms with Gasteiger partial charge in [0.25, 0.3) is 0 Å². The van der Waals surface area contributed by atoms with E-state index in [9.17, 15) is 0 Å². The van der Waals surface area contributed by atoms with Crippen LogP contribution in [0, 0.1) is 0 Å². The molecule has 0 saturated heterocycles. The Morgan fingerprint density at radius 1 is 0.397 bits per heavy atom. The Morgan fingerprint density at radius 2 is 1.03 bits per heavy atom. The molecule has 0 radical (unpaired) electrons. The van der Waals surface area contributed by atoms with Crippen molar-refractivity contribution in [3.05, 3.63) is 194 Å². The quantitative estimate of drug-likeness (QED) is 0.166. The summed E-state index contributed by atoms with van der Waals surface area (Å²) in [6.07, 6.45) is 0.